The zero-order chi connectivity index (χ0) is 14.9. The molecule has 1 N–H and O–H groups in total. The number of carbonyl (C=O) groups is 1. The van der Waals surface area contributed by atoms with Gasteiger partial charge in [0.1, 0.15) is 0 Å². The SMILES string of the molecule is O=C(NCC1CCS(=O)(=O)C1)C1(c2cccs2)CCCC1. The Labute approximate surface area is 129 Å². The van der Waals surface area contributed by atoms with Crippen molar-refractivity contribution in [3.8, 4) is 0 Å². The summed E-state index contributed by atoms with van der Waals surface area (Å²) in [5.74, 6) is 0.663. The number of thiophene rings is 1. The van der Waals surface area contributed by atoms with Gasteiger partial charge in [-0.3, -0.25) is 4.79 Å². The standard InChI is InChI=1S/C15H21NO3S2/c17-14(16-10-12-5-9-21(18,19)11-12)15(6-1-2-7-15)13-4-3-8-20-13/h3-4,8,12H,1-2,5-7,9-11H2,(H,16,17). The number of amides is 1. The third kappa shape index (κ3) is 3.01. The van der Waals surface area contributed by atoms with E-state index in [1.165, 1.54) is 0 Å². The van der Waals surface area contributed by atoms with Crippen molar-refractivity contribution in [2.45, 2.75) is 37.5 Å². The highest BCUT2D eigenvalue weighted by Gasteiger charge is 2.43. The fraction of sp³-hybridized carbons (Fsp3) is 0.667. The molecule has 6 heteroatoms. The molecule has 21 heavy (non-hydrogen) atoms. The van der Waals surface area contributed by atoms with Gasteiger partial charge >= 0.3 is 0 Å². The molecule has 1 amide bonds. The number of nitrogens with one attached hydrogen (secondary N) is 1. The molecule has 0 aromatic carbocycles. The summed E-state index contributed by atoms with van der Waals surface area (Å²) < 4.78 is 23.0. The molecule has 4 nitrogen and oxygen atoms in total. The topological polar surface area (TPSA) is 63.2 Å². The molecule has 0 spiro atoms. The summed E-state index contributed by atoms with van der Waals surface area (Å²) in [5, 5.41) is 5.06. The molecule has 1 aromatic rings. The molecule has 2 aliphatic rings. The van der Waals surface area contributed by atoms with Gasteiger partial charge in [0.05, 0.1) is 16.9 Å². The molecule has 116 valence electrons. The Morgan fingerprint density at radius 1 is 1.38 bits per heavy atom. The van der Waals surface area contributed by atoms with Gasteiger partial charge in [0.2, 0.25) is 5.91 Å². The molecule has 3 rings (SSSR count). The molecule has 1 saturated carbocycles. The van der Waals surface area contributed by atoms with Gasteiger partial charge in [0.15, 0.2) is 9.84 Å². The summed E-state index contributed by atoms with van der Waals surface area (Å²) in [6.45, 7) is 0.491. The smallest absolute Gasteiger partial charge is 0.231 e. The summed E-state index contributed by atoms with van der Waals surface area (Å²) in [5.41, 5.74) is -0.369. The van der Waals surface area contributed by atoms with Crippen molar-refractivity contribution >= 4 is 27.1 Å². The normalized spacial score (nSPS) is 26.8. The Bertz CT molecular complexity index is 601. The summed E-state index contributed by atoms with van der Waals surface area (Å²) in [4.78, 5) is 13.9. The summed E-state index contributed by atoms with van der Waals surface area (Å²) in [7, 11) is -2.87. The fourth-order valence-electron chi connectivity index (χ4n) is 3.55. The van der Waals surface area contributed by atoms with Crippen molar-refractivity contribution < 1.29 is 13.2 Å². The molecular weight excluding hydrogens is 306 g/mol. The zero-order valence-electron chi connectivity index (χ0n) is 12.0. The van der Waals surface area contributed by atoms with Gasteiger partial charge in [-0.1, -0.05) is 18.9 Å². The maximum atomic E-state index is 12.7. The Kier molecular flexibility index (Phi) is 4.10. The van der Waals surface area contributed by atoms with Crippen LogP contribution in [0.1, 0.15) is 37.0 Å². The molecule has 0 bridgehead atoms. The van der Waals surface area contributed by atoms with Crippen LogP contribution in [0.15, 0.2) is 17.5 Å². The van der Waals surface area contributed by atoms with Gasteiger partial charge in [-0.15, -0.1) is 11.3 Å². The number of carbonyl (C=O) groups excluding carboxylic acids is 1. The Balaban J connectivity index is 1.66. The largest absolute Gasteiger partial charge is 0.355 e. The number of rotatable bonds is 4. The van der Waals surface area contributed by atoms with Crippen LogP contribution in [0.25, 0.3) is 0 Å². The Morgan fingerprint density at radius 3 is 2.71 bits per heavy atom. The predicted octanol–water partition coefficient (Wildman–Crippen LogP) is 2.11. The van der Waals surface area contributed by atoms with Crippen LogP contribution in [0.4, 0.5) is 0 Å². The first-order chi connectivity index (χ1) is 10.0. The summed E-state index contributed by atoms with van der Waals surface area (Å²) in [6.07, 6.45) is 4.66. The van der Waals surface area contributed by atoms with E-state index in [9.17, 15) is 13.2 Å². The minimum atomic E-state index is -2.87. The molecule has 1 aliphatic carbocycles. The van der Waals surface area contributed by atoms with Crippen LogP contribution in [0, 0.1) is 5.92 Å². The lowest BCUT2D eigenvalue weighted by Gasteiger charge is -2.27. The van der Waals surface area contributed by atoms with E-state index in [2.05, 4.69) is 11.4 Å². The highest BCUT2D eigenvalue weighted by molar-refractivity contribution is 7.91. The molecule has 0 radical (unpaired) electrons. The van der Waals surface area contributed by atoms with Crippen molar-refractivity contribution in [1.82, 2.24) is 5.32 Å². The molecule has 1 unspecified atom stereocenters. The van der Waals surface area contributed by atoms with Gasteiger partial charge in [0.25, 0.3) is 0 Å². The summed E-state index contributed by atoms with van der Waals surface area (Å²) >= 11 is 1.65. The summed E-state index contributed by atoms with van der Waals surface area (Å²) in [6, 6.07) is 4.05. The van der Waals surface area contributed by atoms with Gasteiger partial charge in [-0.05, 0) is 36.6 Å². The van der Waals surface area contributed by atoms with E-state index in [0.717, 1.165) is 30.6 Å². The van der Waals surface area contributed by atoms with Gasteiger partial charge in [-0.25, -0.2) is 8.42 Å². The van der Waals surface area contributed by atoms with E-state index < -0.39 is 9.84 Å². The van der Waals surface area contributed by atoms with Crippen LogP contribution in [0.3, 0.4) is 0 Å². The zero-order valence-corrected chi connectivity index (χ0v) is 13.6. The first-order valence-corrected chi connectivity index (χ1v) is 10.2. The number of sulfone groups is 1. The van der Waals surface area contributed by atoms with Crippen molar-refractivity contribution in [2.24, 2.45) is 5.92 Å². The van der Waals surface area contributed by atoms with Crippen molar-refractivity contribution in [3.05, 3.63) is 22.4 Å². The second-order valence-corrected chi connectivity index (χ2v) is 9.42. The van der Waals surface area contributed by atoms with E-state index in [1.807, 2.05) is 11.4 Å². The predicted molar refractivity (Wildman–Crippen MR) is 84.2 cm³/mol. The quantitative estimate of drug-likeness (QED) is 0.921. The molecule has 1 atom stereocenters. The van der Waals surface area contributed by atoms with Crippen LogP contribution in [-0.2, 0) is 20.0 Å². The lowest BCUT2D eigenvalue weighted by atomic mass is 9.83. The minimum absolute atomic E-state index is 0.0840. The van der Waals surface area contributed by atoms with Gasteiger partial charge < -0.3 is 5.32 Å². The average Bonchev–Trinajstić information content (AvgIpc) is 3.16. The average molecular weight is 327 g/mol. The monoisotopic (exact) mass is 327 g/mol. The van der Waals surface area contributed by atoms with Crippen molar-refractivity contribution in [3.63, 3.8) is 0 Å². The van der Waals surface area contributed by atoms with Crippen LogP contribution in [-0.4, -0.2) is 32.4 Å². The number of hydrogen-bond acceptors (Lipinski definition) is 4. The van der Waals surface area contributed by atoms with E-state index in [4.69, 9.17) is 0 Å². The first-order valence-electron chi connectivity index (χ1n) is 7.55. The molecule has 1 aromatic heterocycles. The highest BCUT2D eigenvalue weighted by atomic mass is 32.2. The van der Waals surface area contributed by atoms with Crippen LogP contribution < -0.4 is 5.32 Å². The van der Waals surface area contributed by atoms with Crippen LogP contribution in [0.5, 0.6) is 0 Å². The van der Waals surface area contributed by atoms with E-state index in [-0.39, 0.29) is 28.7 Å². The fourth-order valence-corrected chi connectivity index (χ4v) is 6.40. The van der Waals surface area contributed by atoms with Crippen molar-refractivity contribution in [2.75, 3.05) is 18.1 Å². The van der Waals surface area contributed by atoms with E-state index >= 15 is 0 Å². The van der Waals surface area contributed by atoms with Crippen LogP contribution >= 0.6 is 11.3 Å². The Hall–Kier alpha value is -0.880. The third-order valence-electron chi connectivity index (χ3n) is 4.76. The maximum absolute atomic E-state index is 12.7. The maximum Gasteiger partial charge on any atom is 0.231 e. The first kappa shape index (κ1) is 15.0. The molecule has 2 heterocycles. The van der Waals surface area contributed by atoms with Crippen molar-refractivity contribution in [1.29, 1.82) is 0 Å². The van der Waals surface area contributed by atoms with Crippen LogP contribution in [0.2, 0.25) is 0 Å². The third-order valence-corrected chi connectivity index (χ3v) is 7.67. The highest BCUT2D eigenvalue weighted by Crippen LogP contribution is 2.43. The lowest BCUT2D eigenvalue weighted by Crippen LogP contribution is -2.44. The molecule has 1 aliphatic heterocycles. The second-order valence-electron chi connectivity index (χ2n) is 6.25. The molecular formula is C15H21NO3S2. The Morgan fingerprint density at radius 2 is 2.14 bits per heavy atom. The molecule has 2 fully saturated rings. The van der Waals surface area contributed by atoms with E-state index in [0.29, 0.717) is 13.0 Å². The number of hydrogen-bond donors (Lipinski definition) is 1. The molecule has 1 saturated heterocycles. The second kappa shape index (κ2) is 5.72. The van der Waals surface area contributed by atoms with E-state index in [1.54, 1.807) is 11.3 Å². The van der Waals surface area contributed by atoms with Gasteiger partial charge in [-0.2, -0.15) is 0 Å². The van der Waals surface area contributed by atoms with Gasteiger partial charge in [0, 0.05) is 11.4 Å². The lowest BCUT2D eigenvalue weighted by molar-refractivity contribution is -0.126. The minimum Gasteiger partial charge on any atom is -0.355 e.